The molecule has 1 heterocycles. The van der Waals surface area contributed by atoms with Crippen LogP contribution in [0.5, 0.6) is 0 Å². The first-order valence-corrected chi connectivity index (χ1v) is 5.50. The minimum absolute atomic E-state index is 0.0405. The summed E-state index contributed by atoms with van der Waals surface area (Å²) >= 11 is 17.1. The number of fused-ring (bicyclic) bond motifs is 1. The third-order valence-corrected chi connectivity index (χ3v) is 3.36. The smallest absolute Gasteiger partial charge is 0.302 e. The van der Waals surface area contributed by atoms with Crippen LogP contribution >= 0.6 is 34.8 Å². The van der Waals surface area contributed by atoms with E-state index < -0.39 is 17.6 Å². The minimum atomic E-state index is -4.79. The molecular weight excluding hydrogens is 315 g/mol. The summed E-state index contributed by atoms with van der Waals surface area (Å²) in [4.78, 5) is 16.4. The maximum atomic E-state index is 12.5. The highest BCUT2D eigenvalue weighted by atomic mass is 35.5. The van der Waals surface area contributed by atoms with Crippen LogP contribution in [0, 0.1) is 0 Å². The summed E-state index contributed by atoms with van der Waals surface area (Å²) < 4.78 is 37.4. The Bertz CT molecular complexity index is 696. The van der Waals surface area contributed by atoms with Crippen molar-refractivity contribution in [3.63, 3.8) is 0 Å². The Kier molecular flexibility index (Phi) is 3.21. The van der Waals surface area contributed by atoms with Gasteiger partial charge in [0.15, 0.2) is 0 Å². The van der Waals surface area contributed by atoms with Gasteiger partial charge in [0.2, 0.25) is 5.82 Å². The number of hydrogen-bond donors (Lipinski definition) is 1. The third-order valence-electron chi connectivity index (χ3n) is 2.11. The number of nitrogens with zero attached hydrogens (tertiary/aromatic N) is 1. The fraction of sp³-hybridized carbons (Fsp3) is 0.111. The Morgan fingerprint density at radius 1 is 1.17 bits per heavy atom. The molecule has 0 aliphatic heterocycles. The van der Waals surface area contributed by atoms with Crippen LogP contribution in [0.1, 0.15) is 5.82 Å². The van der Waals surface area contributed by atoms with Crippen molar-refractivity contribution in [1.82, 2.24) is 9.97 Å². The van der Waals surface area contributed by atoms with Crippen molar-refractivity contribution >= 4 is 45.7 Å². The van der Waals surface area contributed by atoms with Crippen LogP contribution in [-0.2, 0) is 6.18 Å². The van der Waals surface area contributed by atoms with Crippen LogP contribution < -0.4 is 5.56 Å². The fourth-order valence-corrected chi connectivity index (χ4v) is 1.96. The molecule has 0 saturated carbocycles. The molecule has 1 aromatic heterocycles. The molecule has 96 valence electrons. The summed E-state index contributed by atoms with van der Waals surface area (Å²) in [7, 11) is 0. The van der Waals surface area contributed by atoms with Crippen molar-refractivity contribution in [1.29, 1.82) is 0 Å². The topological polar surface area (TPSA) is 45.8 Å². The van der Waals surface area contributed by atoms with Crippen LogP contribution in [0.3, 0.4) is 0 Å². The molecule has 9 heteroatoms. The quantitative estimate of drug-likeness (QED) is 0.749. The molecule has 2 rings (SSSR count). The Balaban J connectivity index is 2.93. The molecule has 1 N–H and O–H groups in total. The van der Waals surface area contributed by atoms with Gasteiger partial charge in [0.05, 0.1) is 26.0 Å². The lowest BCUT2D eigenvalue weighted by atomic mass is 10.2. The fourth-order valence-electron chi connectivity index (χ4n) is 1.32. The maximum absolute atomic E-state index is 12.5. The largest absolute Gasteiger partial charge is 0.449 e. The lowest BCUT2D eigenvalue weighted by Crippen LogP contribution is -2.19. The average molecular weight is 317 g/mol. The van der Waals surface area contributed by atoms with Crippen molar-refractivity contribution in [2.24, 2.45) is 0 Å². The van der Waals surface area contributed by atoms with Crippen LogP contribution in [0.2, 0.25) is 15.1 Å². The summed E-state index contributed by atoms with van der Waals surface area (Å²) in [5.74, 6) is -1.44. The molecule has 0 aliphatic rings. The van der Waals surface area contributed by atoms with E-state index in [0.29, 0.717) is 0 Å². The second-order valence-electron chi connectivity index (χ2n) is 3.29. The number of rotatable bonds is 0. The van der Waals surface area contributed by atoms with Crippen LogP contribution in [0.15, 0.2) is 10.9 Å². The number of benzene rings is 1. The lowest BCUT2D eigenvalue weighted by Gasteiger charge is -2.08. The van der Waals surface area contributed by atoms with Gasteiger partial charge in [0, 0.05) is 0 Å². The number of hydrogen-bond acceptors (Lipinski definition) is 2. The average Bonchev–Trinajstić information content (AvgIpc) is 2.26. The number of aromatic nitrogens is 2. The van der Waals surface area contributed by atoms with Gasteiger partial charge in [-0.05, 0) is 6.07 Å². The molecule has 0 fully saturated rings. The van der Waals surface area contributed by atoms with Crippen molar-refractivity contribution in [3.05, 3.63) is 37.3 Å². The molecule has 0 spiro atoms. The van der Waals surface area contributed by atoms with Gasteiger partial charge in [-0.25, -0.2) is 4.98 Å². The number of H-pyrrole nitrogens is 1. The molecule has 0 saturated heterocycles. The molecule has 0 unspecified atom stereocenters. The SMILES string of the molecule is O=c1[nH]c(C(F)(F)F)nc2c(Cl)c(Cl)c(Cl)cc12. The first kappa shape index (κ1) is 13.5. The Morgan fingerprint density at radius 3 is 2.33 bits per heavy atom. The summed E-state index contributed by atoms with van der Waals surface area (Å²) in [6.07, 6.45) is -4.79. The zero-order valence-corrected chi connectivity index (χ0v) is 10.5. The van der Waals surface area contributed by atoms with E-state index >= 15 is 0 Å². The molecule has 0 bridgehead atoms. The summed E-state index contributed by atoms with van der Waals surface area (Å²) in [6.45, 7) is 0. The molecule has 1 aromatic carbocycles. The molecule has 0 amide bonds. The van der Waals surface area contributed by atoms with E-state index in [1.54, 1.807) is 4.98 Å². The van der Waals surface area contributed by atoms with Crippen molar-refractivity contribution in [3.8, 4) is 0 Å². The van der Waals surface area contributed by atoms with Crippen LogP contribution in [0.4, 0.5) is 13.2 Å². The highest BCUT2D eigenvalue weighted by Gasteiger charge is 2.34. The Labute approximate surface area is 112 Å². The normalized spacial score (nSPS) is 12.1. The molecule has 18 heavy (non-hydrogen) atoms. The van der Waals surface area contributed by atoms with Gasteiger partial charge in [-0.1, -0.05) is 34.8 Å². The summed E-state index contributed by atoms with van der Waals surface area (Å²) in [6, 6.07) is 1.11. The molecular formula is C9H2Cl3F3N2O. The van der Waals surface area contributed by atoms with E-state index in [4.69, 9.17) is 34.8 Å². The molecule has 3 nitrogen and oxygen atoms in total. The predicted molar refractivity (Wildman–Crippen MR) is 62.4 cm³/mol. The third kappa shape index (κ3) is 2.15. The second-order valence-corrected chi connectivity index (χ2v) is 4.46. The first-order chi connectivity index (χ1) is 8.21. The Morgan fingerprint density at radius 2 is 1.78 bits per heavy atom. The number of alkyl halides is 3. The summed E-state index contributed by atoms with van der Waals surface area (Å²) in [5.41, 5.74) is -1.34. The number of halogens is 6. The Hall–Kier alpha value is -0.980. The molecule has 0 aliphatic carbocycles. The maximum Gasteiger partial charge on any atom is 0.449 e. The predicted octanol–water partition coefficient (Wildman–Crippen LogP) is 3.90. The number of aromatic amines is 1. The molecule has 2 aromatic rings. The van der Waals surface area contributed by atoms with E-state index in [1.807, 2.05) is 0 Å². The molecule has 0 atom stereocenters. The number of nitrogens with one attached hydrogen (secondary N) is 1. The minimum Gasteiger partial charge on any atom is -0.302 e. The van der Waals surface area contributed by atoms with Crippen LogP contribution in [-0.4, -0.2) is 9.97 Å². The second kappa shape index (κ2) is 4.29. The molecule has 0 radical (unpaired) electrons. The van der Waals surface area contributed by atoms with Gasteiger partial charge >= 0.3 is 6.18 Å². The van der Waals surface area contributed by atoms with E-state index in [1.165, 1.54) is 0 Å². The zero-order valence-electron chi connectivity index (χ0n) is 8.20. The van der Waals surface area contributed by atoms with Gasteiger partial charge in [0.25, 0.3) is 5.56 Å². The summed E-state index contributed by atoms with van der Waals surface area (Å²) in [5, 5.41) is -0.656. The zero-order chi connectivity index (χ0) is 13.7. The van der Waals surface area contributed by atoms with E-state index in [2.05, 4.69) is 4.98 Å². The van der Waals surface area contributed by atoms with Crippen molar-refractivity contribution < 1.29 is 13.2 Å². The van der Waals surface area contributed by atoms with E-state index in [0.717, 1.165) is 6.07 Å². The van der Waals surface area contributed by atoms with Gasteiger partial charge < -0.3 is 4.98 Å². The van der Waals surface area contributed by atoms with Gasteiger partial charge in [-0.3, -0.25) is 4.79 Å². The monoisotopic (exact) mass is 316 g/mol. The van der Waals surface area contributed by atoms with Gasteiger partial charge in [0.1, 0.15) is 0 Å². The van der Waals surface area contributed by atoms with Crippen LogP contribution in [0.25, 0.3) is 10.9 Å². The van der Waals surface area contributed by atoms with E-state index in [9.17, 15) is 18.0 Å². The van der Waals surface area contributed by atoms with Gasteiger partial charge in [-0.15, -0.1) is 0 Å². The first-order valence-electron chi connectivity index (χ1n) is 4.36. The van der Waals surface area contributed by atoms with E-state index in [-0.39, 0.29) is 26.0 Å². The highest BCUT2D eigenvalue weighted by molar-refractivity contribution is 6.50. The van der Waals surface area contributed by atoms with Crippen molar-refractivity contribution in [2.75, 3.05) is 0 Å². The lowest BCUT2D eigenvalue weighted by molar-refractivity contribution is -0.144. The van der Waals surface area contributed by atoms with Gasteiger partial charge in [-0.2, -0.15) is 13.2 Å². The van der Waals surface area contributed by atoms with Crippen molar-refractivity contribution in [2.45, 2.75) is 6.18 Å². The highest BCUT2D eigenvalue weighted by Crippen LogP contribution is 2.35. The standard InChI is InChI=1S/C9H2Cl3F3N2O/c10-3-1-2-6(5(12)4(3)11)16-8(9(13,14)15)17-7(2)18/h1H,(H,16,17,18).